The first-order valence-electron chi connectivity index (χ1n) is 9.22. The third-order valence-electron chi connectivity index (χ3n) is 4.38. The van der Waals surface area contributed by atoms with Crippen molar-refractivity contribution < 1.29 is 23.1 Å². The van der Waals surface area contributed by atoms with Crippen molar-refractivity contribution in [2.45, 2.75) is 19.3 Å². The Morgan fingerprint density at radius 1 is 1.13 bits per heavy atom. The molecule has 0 saturated heterocycles. The van der Waals surface area contributed by atoms with Gasteiger partial charge in [-0.25, -0.2) is 9.78 Å². The minimum Gasteiger partial charge on any atom is -0.475 e. The molecule has 0 atom stereocenters. The maximum absolute atomic E-state index is 10.6. The number of carbonyl (C=O) groups is 1. The number of halogens is 3. The molecule has 31 heavy (non-hydrogen) atoms. The number of rotatable bonds is 5. The van der Waals surface area contributed by atoms with Gasteiger partial charge in [-0.05, 0) is 24.2 Å². The second kappa shape index (κ2) is 9.43. The molecule has 0 saturated carbocycles. The molecule has 3 N–H and O–H groups in total. The number of nitrogens with one attached hydrogen (secondary N) is 2. The van der Waals surface area contributed by atoms with Crippen LogP contribution in [0, 0.1) is 0 Å². The molecule has 4 aromatic rings. The van der Waals surface area contributed by atoms with Gasteiger partial charge in [0.2, 0.25) is 0 Å². The van der Waals surface area contributed by atoms with Crippen molar-refractivity contribution in [3.05, 3.63) is 72.6 Å². The van der Waals surface area contributed by atoms with Crippen LogP contribution in [0.4, 0.5) is 13.2 Å². The molecule has 0 amide bonds. The van der Waals surface area contributed by atoms with Crippen molar-refractivity contribution in [1.82, 2.24) is 24.8 Å². The van der Waals surface area contributed by atoms with Gasteiger partial charge in [-0.2, -0.15) is 13.2 Å². The molecule has 3 aromatic heterocycles. The summed E-state index contributed by atoms with van der Waals surface area (Å²) in [5.41, 5.74) is 4.55. The average Bonchev–Trinajstić information content (AvgIpc) is 3.36. The second-order valence-electron chi connectivity index (χ2n) is 6.82. The number of imidazole rings is 1. The van der Waals surface area contributed by atoms with Crippen LogP contribution in [0.25, 0.3) is 22.2 Å². The van der Waals surface area contributed by atoms with Crippen LogP contribution >= 0.6 is 0 Å². The summed E-state index contributed by atoms with van der Waals surface area (Å²) in [5.74, 6) is -1.79. The number of benzene rings is 1. The summed E-state index contributed by atoms with van der Waals surface area (Å²) in [6.45, 7) is 1.62. The molecule has 0 aliphatic carbocycles. The number of H-pyrrole nitrogens is 2. The minimum atomic E-state index is -5.08. The van der Waals surface area contributed by atoms with Crippen molar-refractivity contribution >= 4 is 16.9 Å². The van der Waals surface area contributed by atoms with Gasteiger partial charge in [0.15, 0.2) is 0 Å². The predicted octanol–water partition coefficient (Wildman–Crippen LogP) is 4.22. The molecule has 4 rings (SSSR count). The molecule has 0 fully saturated rings. The predicted molar refractivity (Wildman–Crippen MR) is 109 cm³/mol. The zero-order valence-corrected chi connectivity index (χ0v) is 16.5. The maximum Gasteiger partial charge on any atom is 0.490 e. The summed E-state index contributed by atoms with van der Waals surface area (Å²) < 4.78 is 31.7. The molecule has 1 aromatic carbocycles. The van der Waals surface area contributed by atoms with Gasteiger partial charge in [0.25, 0.3) is 0 Å². The van der Waals surface area contributed by atoms with Gasteiger partial charge < -0.3 is 15.1 Å². The Morgan fingerprint density at radius 3 is 2.52 bits per heavy atom. The summed E-state index contributed by atoms with van der Waals surface area (Å²) >= 11 is 0. The lowest BCUT2D eigenvalue weighted by Gasteiger charge is -2.14. The highest BCUT2D eigenvalue weighted by Gasteiger charge is 2.38. The van der Waals surface area contributed by atoms with E-state index in [-0.39, 0.29) is 0 Å². The molecule has 3 heterocycles. The van der Waals surface area contributed by atoms with Gasteiger partial charge in [-0.15, -0.1) is 0 Å². The average molecular weight is 431 g/mol. The Hall–Kier alpha value is -3.66. The van der Waals surface area contributed by atoms with Gasteiger partial charge in [-0.1, -0.05) is 30.3 Å². The fourth-order valence-corrected chi connectivity index (χ4v) is 2.97. The number of alkyl halides is 3. The second-order valence-corrected chi connectivity index (χ2v) is 6.82. The van der Waals surface area contributed by atoms with E-state index in [9.17, 15) is 13.2 Å². The largest absolute Gasteiger partial charge is 0.490 e. The standard InChI is InChI=1S/C19H19N5.C2HF3O2/c1-24(12-15-9-21-18-10-20-8-7-16(15)18)13-19-22-11-17(23-19)14-5-3-2-4-6-14;3-2(4,5)1(6)7/h2-11,21H,12-13H2,1H3,(H,22,23);(H,6,7). The van der Waals surface area contributed by atoms with Crippen molar-refractivity contribution in [1.29, 1.82) is 0 Å². The monoisotopic (exact) mass is 431 g/mol. The van der Waals surface area contributed by atoms with Crippen LogP contribution in [0.5, 0.6) is 0 Å². The van der Waals surface area contributed by atoms with Crippen LogP contribution in [0.1, 0.15) is 11.4 Å². The van der Waals surface area contributed by atoms with E-state index >= 15 is 0 Å². The molecule has 0 spiro atoms. The molecule has 10 heteroatoms. The van der Waals surface area contributed by atoms with Crippen molar-refractivity contribution in [3.63, 3.8) is 0 Å². The van der Waals surface area contributed by atoms with Crippen molar-refractivity contribution in [3.8, 4) is 11.3 Å². The van der Waals surface area contributed by atoms with E-state index in [1.807, 2.05) is 36.8 Å². The first-order chi connectivity index (χ1) is 14.7. The van der Waals surface area contributed by atoms with Gasteiger partial charge >= 0.3 is 12.1 Å². The van der Waals surface area contributed by atoms with Gasteiger partial charge in [-0.3, -0.25) is 9.88 Å². The van der Waals surface area contributed by atoms with E-state index in [0.717, 1.165) is 35.7 Å². The number of fused-ring (bicyclic) bond motifs is 1. The number of hydrogen-bond acceptors (Lipinski definition) is 4. The van der Waals surface area contributed by atoms with E-state index in [4.69, 9.17) is 9.90 Å². The van der Waals surface area contributed by atoms with Crippen molar-refractivity contribution in [2.24, 2.45) is 0 Å². The lowest BCUT2D eigenvalue weighted by molar-refractivity contribution is -0.192. The Morgan fingerprint density at radius 2 is 1.84 bits per heavy atom. The number of nitrogens with zero attached hydrogens (tertiary/aromatic N) is 3. The Balaban J connectivity index is 0.000000339. The van der Waals surface area contributed by atoms with Crippen LogP contribution in [-0.4, -0.2) is 49.1 Å². The fourth-order valence-electron chi connectivity index (χ4n) is 2.97. The molecule has 0 radical (unpaired) electrons. The zero-order chi connectivity index (χ0) is 22.4. The third-order valence-corrected chi connectivity index (χ3v) is 4.38. The SMILES string of the molecule is CN(Cc1ncc(-c2ccccc2)[nH]1)Cc1c[nH]c2cnccc12.O=C(O)C(F)(F)F. The zero-order valence-electron chi connectivity index (χ0n) is 16.5. The first kappa shape index (κ1) is 22.0. The van der Waals surface area contributed by atoms with E-state index in [2.05, 4.69) is 56.3 Å². The molecule has 0 aliphatic heterocycles. The molecular formula is C21H20F3N5O2. The molecule has 0 aliphatic rings. The van der Waals surface area contributed by atoms with Crippen LogP contribution in [0.2, 0.25) is 0 Å². The minimum absolute atomic E-state index is 0.768. The van der Waals surface area contributed by atoms with E-state index in [1.54, 1.807) is 0 Å². The fraction of sp³-hybridized carbons (Fsp3) is 0.190. The normalized spacial score (nSPS) is 11.4. The summed E-state index contributed by atoms with van der Waals surface area (Å²) in [7, 11) is 2.10. The topological polar surface area (TPSA) is 97.9 Å². The highest BCUT2D eigenvalue weighted by atomic mass is 19.4. The van der Waals surface area contributed by atoms with E-state index < -0.39 is 12.1 Å². The third kappa shape index (κ3) is 5.92. The molecule has 7 nitrogen and oxygen atoms in total. The Labute approximate surface area is 175 Å². The molecule has 0 unspecified atom stereocenters. The lowest BCUT2D eigenvalue weighted by Crippen LogP contribution is -2.21. The number of aromatic nitrogens is 4. The number of carboxylic acid groups (broad SMARTS) is 1. The molecular weight excluding hydrogens is 411 g/mol. The van der Waals surface area contributed by atoms with Crippen LogP contribution in [-0.2, 0) is 17.9 Å². The van der Waals surface area contributed by atoms with E-state index in [0.29, 0.717) is 0 Å². The number of carboxylic acids is 1. The summed E-state index contributed by atoms with van der Waals surface area (Å²) in [4.78, 5) is 26.5. The highest BCUT2D eigenvalue weighted by Crippen LogP contribution is 2.20. The highest BCUT2D eigenvalue weighted by molar-refractivity contribution is 5.82. The van der Waals surface area contributed by atoms with Crippen LogP contribution < -0.4 is 0 Å². The number of aromatic amines is 2. The quantitative estimate of drug-likeness (QED) is 0.440. The van der Waals surface area contributed by atoms with Gasteiger partial charge in [0, 0.05) is 24.3 Å². The van der Waals surface area contributed by atoms with Crippen LogP contribution in [0.3, 0.4) is 0 Å². The number of hydrogen-bond donors (Lipinski definition) is 3. The van der Waals surface area contributed by atoms with Gasteiger partial charge in [0.05, 0.1) is 30.1 Å². The van der Waals surface area contributed by atoms with E-state index in [1.165, 1.54) is 10.9 Å². The molecule has 162 valence electrons. The molecule has 0 bridgehead atoms. The first-order valence-corrected chi connectivity index (χ1v) is 9.22. The number of aliphatic carboxylic acids is 1. The summed E-state index contributed by atoms with van der Waals surface area (Å²) in [6.07, 6.45) is 2.56. The summed E-state index contributed by atoms with van der Waals surface area (Å²) in [5, 5.41) is 8.35. The Bertz CT molecular complexity index is 1140. The Kier molecular flexibility index (Phi) is 6.71. The van der Waals surface area contributed by atoms with Crippen LogP contribution in [0.15, 0.2) is 61.2 Å². The summed E-state index contributed by atoms with van der Waals surface area (Å²) in [6, 6.07) is 12.3. The number of pyridine rings is 1. The maximum atomic E-state index is 10.6. The van der Waals surface area contributed by atoms with Gasteiger partial charge in [0.1, 0.15) is 5.82 Å². The lowest BCUT2D eigenvalue weighted by atomic mass is 10.2. The smallest absolute Gasteiger partial charge is 0.475 e. The van der Waals surface area contributed by atoms with Crippen molar-refractivity contribution in [2.75, 3.05) is 7.05 Å².